The van der Waals surface area contributed by atoms with Crippen molar-refractivity contribution in [3.05, 3.63) is 71.8 Å². The fourth-order valence-electron chi connectivity index (χ4n) is 2.72. The molecule has 132 valence electrons. The van der Waals surface area contributed by atoms with E-state index in [-0.39, 0.29) is 12.4 Å². The Labute approximate surface area is 148 Å². The zero-order valence-corrected chi connectivity index (χ0v) is 14.3. The summed E-state index contributed by atoms with van der Waals surface area (Å²) in [5.41, 5.74) is 1.68. The summed E-state index contributed by atoms with van der Waals surface area (Å²) in [4.78, 5) is 12.8. The van der Waals surface area contributed by atoms with Crippen LogP contribution in [0.25, 0.3) is 0 Å². The Bertz CT molecular complexity index is 655. The van der Waals surface area contributed by atoms with E-state index >= 15 is 0 Å². The van der Waals surface area contributed by atoms with Crippen molar-refractivity contribution in [1.29, 1.82) is 0 Å². The van der Waals surface area contributed by atoms with Crippen LogP contribution < -0.4 is 5.32 Å². The van der Waals surface area contributed by atoms with E-state index < -0.39 is 12.2 Å². The summed E-state index contributed by atoms with van der Waals surface area (Å²) in [6.07, 6.45) is 1.65. The van der Waals surface area contributed by atoms with Crippen LogP contribution in [-0.4, -0.2) is 42.3 Å². The van der Waals surface area contributed by atoms with Crippen LogP contribution in [0.2, 0.25) is 0 Å². The molecule has 4 heteroatoms. The number of aliphatic hydroxyl groups is 1. The van der Waals surface area contributed by atoms with E-state index in [0.717, 1.165) is 5.56 Å². The molecule has 1 aliphatic rings. The molecule has 4 nitrogen and oxygen atoms in total. The molecule has 0 bridgehead atoms. The molecule has 0 amide bonds. The van der Waals surface area contributed by atoms with Crippen LogP contribution in [0.3, 0.4) is 0 Å². The van der Waals surface area contributed by atoms with E-state index in [2.05, 4.69) is 5.32 Å². The number of Topliss-reactive ketones (excluding diaryl/α,β-unsaturated/α-hetero) is 1. The van der Waals surface area contributed by atoms with Crippen molar-refractivity contribution in [1.82, 2.24) is 5.32 Å². The van der Waals surface area contributed by atoms with Gasteiger partial charge in [-0.2, -0.15) is 0 Å². The van der Waals surface area contributed by atoms with Gasteiger partial charge in [0.25, 0.3) is 0 Å². The number of benzene rings is 2. The van der Waals surface area contributed by atoms with Gasteiger partial charge in [0.1, 0.15) is 6.10 Å². The molecule has 2 aromatic carbocycles. The summed E-state index contributed by atoms with van der Waals surface area (Å²) in [6.45, 7) is 0.651. The fraction of sp³-hybridized carbons (Fsp3) is 0.381. The van der Waals surface area contributed by atoms with Crippen LogP contribution in [0.1, 0.15) is 28.8 Å². The van der Waals surface area contributed by atoms with Gasteiger partial charge in [-0.1, -0.05) is 60.7 Å². The van der Waals surface area contributed by atoms with Crippen molar-refractivity contribution in [2.45, 2.75) is 37.5 Å². The van der Waals surface area contributed by atoms with Gasteiger partial charge in [-0.05, 0) is 18.4 Å². The highest BCUT2D eigenvalue weighted by molar-refractivity contribution is 5.99. The highest BCUT2D eigenvalue weighted by atomic mass is 16.5. The Morgan fingerprint density at radius 2 is 1.72 bits per heavy atom. The van der Waals surface area contributed by atoms with Crippen LogP contribution in [0, 0.1) is 0 Å². The lowest BCUT2D eigenvalue weighted by atomic mass is 10.00. The maximum atomic E-state index is 12.8. The molecule has 0 aromatic heterocycles. The third kappa shape index (κ3) is 5.78. The predicted octanol–water partition coefficient (Wildman–Crippen LogP) is 2.61. The number of carbonyl (C=O) groups excluding carboxylic acids is 1. The van der Waals surface area contributed by atoms with E-state index in [1.807, 2.05) is 48.5 Å². The maximum Gasteiger partial charge on any atom is 0.191 e. The minimum absolute atomic E-state index is 0.0493. The molecule has 0 saturated heterocycles. The van der Waals surface area contributed by atoms with Gasteiger partial charge >= 0.3 is 0 Å². The van der Waals surface area contributed by atoms with Crippen molar-refractivity contribution in [2.24, 2.45) is 0 Å². The number of aliphatic hydroxyl groups excluding tert-OH is 1. The topological polar surface area (TPSA) is 58.6 Å². The predicted molar refractivity (Wildman–Crippen MR) is 97.7 cm³/mol. The zero-order valence-electron chi connectivity index (χ0n) is 14.3. The SMILES string of the molecule is O=C(c1ccccc1)C(Cc1ccccc1)OCC(O)CNC1CC1. The lowest BCUT2D eigenvalue weighted by molar-refractivity contribution is -0.00178. The molecular formula is C21H25NO3. The second-order valence-corrected chi connectivity index (χ2v) is 6.58. The van der Waals surface area contributed by atoms with E-state index in [0.29, 0.717) is 24.6 Å². The molecule has 2 N–H and O–H groups in total. The van der Waals surface area contributed by atoms with Crippen molar-refractivity contribution in [3.63, 3.8) is 0 Å². The van der Waals surface area contributed by atoms with Gasteiger partial charge in [0, 0.05) is 24.6 Å². The monoisotopic (exact) mass is 339 g/mol. The van der Waals surface area contributed by atoms with Gasteiger partial charge in [0.2, 0.25) is 0 Å². The Hall–Kier alpha value is -2.01. The number of rotatable bonds is 10. The first-order chi connectivity index (χ1) is 12.2. The number of ether oxygens (including phenoxy) is 1. The first-order valence-electron chi connectivity index (χ1n) is 8.88. The van der Waals surface area contributed by atoms with Gasteiger partial charge in [0.15, 0.2) is 5.78 Å². The minimum Gasteiger partial charge on any atom is -0.389 e. The normalized spacial score (nSPS) is 16.4. The average Bonchev–Trinajstić information content (AvgIpc) is 3.49. The molecule has 0 spiro atoms. The van der Waals surface area contributed by atoms with Gasteiger partial charge in [-0.3, -0.25) is 4.79 Å². The standard InChI is InChI=1S/C21H25NO3/c23-19(14-22-18-11-12-18)15-25-20(13-16-7-3-1-4-8-16)21(24)17-9-5-2-6-10-17/h1-10,18-20,22-23H,11-15H2. The first-order valence-corrected chi connectivity index (χ1v) is 8.88. The molecule has 1 aliphatic carbocycles. The van der Waals surface area contributed by atoms with Crippen molar-refractivity contribution in [3.8, 4) is 0 Å². The summed E-state index contributed by atoms with van der Waals surface area (Å²) in [5, 5.41) is 13.4. The molecule has 25 heavy (non-hydrogen) atoms. The molecule has 2 unspecified atom stereocenters. The molecule has 0 heterocycles. The highest BCUT2D eigenvalue weighted by Gasteiger charge is 2.24. The Balaban J connectivity index is 1.62. The van der Waals surface area contributed by atoms with Gasteiger partial charge in [0.05, 0.1) is 12.7 Å². The second kappa shape index (κ2) is 8.90. The van der Waals surface area contributed by atoms with Crippen LogP contribution in [0.5, 0.6) is 0 Å². The number of carbonyl (C=O) groups is 1. The van der Waals surface area contributed by atoms with Gasteiger partial charge in [-0.15, -0.1) is 0 Å². The number of nitrogens with one attached hydrogen (secondary N) is 1. The lowest BCUT2D eigenvalue weighted by Gasteiger charge is -2.20. The molecule has 0 aliphatic heterocycles. The molecule has 3 rings (SSSR count). The maximum absolute atomic E-state index is 12.8. The number of ketones is 1. The largest absolute Gasteiger partial charge is 0.389 e. The molecule has 1 fully saturated rings. The van der Waals surface area contributed by atoms with Crippen molar-refractivity contribution >= 4 is 5.78 Å². The number of hydrogen-bond acceptors (Lipinski definition) is 4. The zero-order chi connectivity index (χ0) is 17.5. The lowest BCUT2D eigenvalue weighted by Crippen LogP contribution is -2.35. The van der Waals surface area contributed by atoms with Crippen molar-refractivity contribution in [2.75, 3.05) is 13.2 Å². The van der Waals surface area contributed by atoms with E-state index in [1.165, 1.54) is 12.8 Å². The molecular weight excluding hydrogens is 314 g/mol. The van der Waals surface area contributed by atoms with E-state index in [4.69, 9.17) is 4.74 Å². The summed E-state index contributed by atoms with van der Waals surface area (Å²) < 4.78 is 5.84. The van der Waals surface area contributed by atoms with E-state index in [9.17, 15) is 9.90 Å². The molecule has 2 aromatic rings. The van der Waals surface area contributed by atoms with Crippen LogP contribution in [-0.2, 0) is 11.2 Å². The average molecular weight is 339 g/mol. The summed E-state index contributed by atoms with van der Waals surface area (Å²) in [6, 6.07) is 19.6. The number of hydrogen-bond donors (Lipinski definition) is 2. The fourth-order valence-corrected chi connectivity index (χ4v) is 2.72. The first kappa shape index (κ1) is 17.8. The molecule has 1 saturated carbocycles. The Kier molecular flexibility index (Phi) is 6.34. The molecule has 2 atom stereocenters. The second-order valence-electron chi connectivity index (χ2n) is 6.58. The smallest absolute Gasteiger partial charge is 0.191 e. The Morgan fingerprint density at radius 3 is 2.36 bits per heavy atom. The van der Waals surface area contributed by atoms with Gasteiger partial charge in [-0.25, -0.2) is 0 Å². The van der Waals surface area contributed by atoms with Crippen LogP contribution >= 0.6 is 0 Å². The summed E-state index contributed by atoms with van der Waals surface area (Å²) in [5.74, 6) is -0.0493. The highest BCUT2D eigenvalue weighted by Crippen LogP contribution is 2.18. The third-order valence-corrected chi connectivity index (χ3v) is 4.32. The van der Waals surface area contributed by atoms with Crippen LogP contribution in [0.4, 0.5) is 0 Å². The van der Waals surface area contributed by atoms with Gasteiger partial charge < -0.3 is 15.2 Å². The quantitative estimate of drug-likeness (QED) is 0.653. The third-order valence-electron chi connectivity index (χ3n) is 4.32. The Morgan fingerprint density at radius 1 is 1.08 bits per heavy atom. The van der Waals surface area contributed by atoms with E-state index in [1.54, 1.807) is 12.1 Å². The minimum atomic E-state index is -0.609. The summed E-state index contributed by atoms with van der Waals surface area (Å²) >= 11 is 0. The van der Waals surface area contributed by atoms with Crippen LogP contribution in [0.15, 0.2) is 60.7 Å². The molecule has 0 radical (unpaired) electrons. The van der Waals surface area contributed by atoms with Crippen molar-refractivity contribution < 1.29 is 14.6 Å². The summed E-state index contributed by atoms with van der Waals surface area (Å²) in [7, 11) is 0.